The number of nitrogens with two attached hydrogens (primary N) is 1. The number of nitrogens with zero attached hydrogens (tertiary/aromatic N) is 1. The van der Waals surface area contributed by atoms with Crippen LogP contribution in [0.25, 0.3) is 0 Å². The van der Waals surface area contributed by atoms with Crippen molar-refractivity contribution in [3.63, 3.8) is 0 Å². The summed E-state index contributed by atoms with van der Waals surface area (Å²) in [5.41, 5.74) is 6.56. The zero-order valence-corrected chi connectivity index (χ0v) is 14.2. The Hall–Kier alpha value is -0.0800. The fraction of sp³-hybridized carbons (Fsp3) is 1.00. The van der Waals surface area contributed by atoms with Crippen molar-refractivity contribution >= 4 is 0 Å². The van der Waals surface area contributed by atoms with Crippen molar-refractivity contribution in [1.29, 1.82) is 0 Å². The molecule has 0 radical (unpaired) electrons. The molecule has 20 heavy (non-hydrogen) atoms. The Morgan fingerprint density at radius 3 is 2.15 bits per heavy atom. The Labute approximate surface area is 126 Å². The van der Waals surface area contributed by atoms with Crippen LogP contribution in [0.3, 0.4) is 0 Å². The largest absolute Gasteiger partial charge is 0.328 e. The van der Waals surface area contributed by atoms with E-state index in [1.54, 1.807) is 0 Å². The number of rotatable bonds is 2. The summed E-state index contributed by atoms with van der Waals surface area (Å²) in [5, 5.41) is 0. The zero-order valence-electron chi connectivity index (χ0n) is 14.2. The SMILES string of the molecule is CC(N)C1CCN(C2CCCC(C(C)(C)C)CC2)CC1. The zero-order chi connectivity index (χ0) is 14.8. The first-order valence-electron chi connectivity index (χ1n) is 8.87. The number of likely N-dealkylation sites (tertiary alicyclic amines) is 1. The second kappa shape index (κ2) is 6.79. The van der Waals surface area contributed by atoms with Crippen molar-refractivity contribution < 1.29 is 0 Å². The molecule has 2 heteroatoms. The topological polar surface area (TPSA) is 29.3 Å². The average Bonchev–Trinajstić information content (AvgIpc) is 2.64. The molecule has 0 aromatic heterocycles. The van der Waals surface area contributed by atoms with E-state index < -0.39 is 0 Å². The molecule has 2 nitrogen and oxygen atoms in total. The van der Waals surface area contributed by atoms with Crippen LogP contribution in [0.15, 0.2) is 0 Å². The van der Waals surface area contributed by atoms with E-state index in [0.29, 0.717) is 11.5 Å². The van der Waals surface area contributed by atoms with Gasteiger partial charge in [0.2, 0.25) is 0 Å². The lowest BCUT2D eigenvalue weighted by Gasteiger charge is -2.38. The average molecular weight is 280 g/mol. The molecule has 3 atom stereocenters. The van der Waals surface area contributed by atoms with Gasteiger partial charge >= 0.3 is 0 Å². The summed E-state index contributed by atoms with van der Waals surface area (Å²) in [4.78, 5) is 2.78. The fourth-order valence-corrected chi connectivity index (χ4v) is 4.32. The Kier molecular flexibility index (Phi) is 5.53. The smallest absolute Gasteiger partial charge is 0.00953 e. The molecule has 1 saturated carbocycles. The van der Waals surface area contributed by atoms with Crippen LogP contribution < -0.4 is 5.73 Å². The molecule has 0 aromatic rings. The van der Waals surface area contributed by atoms with Crippen LogP contribution in [0, 0.1) is 17.3 Å². The van der Waals surface area contributed by atoms with E-state index in [9.17, 15) is 0 Å². The van der Waals surface area contributed by atoms with E-state index in [-0.39, 0.29) is 0 Å². The quantitative estimate of drug-likeness (QED) is 0.774. The van der Waals surface area contributed by atoms with E-state index in [1.165, 1.54) is 58.0 Å². The van der Waals surface area contributed by atoms with Gasteiger partial charge in [0.1, 0.15) is 0 Å². The molecule has 2 aliphatic rings. The summed E-state index contributed by atoms with van der Waals surface area (Å²) in [5.74, 6) is 1.69. The highest BCUT2D eigenvalue weighted by molar-refractivity contribution is 4.85. The molecule has 0 spiro atoms. The Bertz CT molecular complexity index is 284. The maximum Gasteiger partial charge on any atom is 0.00953 e. The molecular formula is C18H36N2. The Balaban J connectivity index is 1.83. The van der Waals surface area contributed by atoms with Gasteiger partial charge < -0.3 is 10.6 Å². The number of hydrogen-bond acceptors (Lipinski definition) is 2. The molecule has 0 bridgehead atoms. The van der Waals surface area contributed by atoms with Crippen molar-refractivity contribution in [3.8, 4) is 0 Å². The highest BCUT2D eigenvalue weighted by Crippen LogP contribution is 2.38. The predicted molar refractivity (Wildman–Crippen MR) is 87.8 cm³/mol. The van der Waals surface area contributed by atoms with Gasteiger partial charge in [0.25, 0.3) is 0 Å². The molecule has 118 valence electrons. The minimum absolute atomic E-state index is 0.386. The van der Waals surface area contributed by atoms with Crippen LogP contribution >= 0.6 is 0 Å². The molecule has 2 N–H and O–H groups in total. The molecule has 2 rings (SSSR count). The van der Waals surface area contributed by atoms with E-state index in [2.05, 4.69) is 32.6 Å². The van der Waals surface area contributed by atoms with Crippen molar-refractivity contribution in [2.75, 3.05) is 13.1 Å². The number of hydrogen-bond donors (Lipinski definition) is 1. The summed E-state index contributed by atoms with van der Waals surface area (Å²) in [6.07, 6.45) is 9.78. The van der Waals surface area contributed by atoms with Gasteiger partial charge in [-0.3, -0.25) is 0 Å². The normalized spacial score (nSPS) is 32.9. The number of piperidine rings is 1. The Morgan fingerprint density at radius 1 is 0.950 bits per heavy atom. The van der Waals surface area contributed by atoms with E-state index in [4.69, 9.17) is 5.73 Å². The third-order valence-electron chi connectivity index (χ3n) is 6.00. The van der Waals surface area contributed by atoms with Gasteiger partial charge in [-0.25, -0.2) is 0 Å². The summed E-state index contributed by atoms with van der Waals surface area (Å²) in [6.45, 7) is 12.0. The second-order valence-corrected chi connectivity index (χ2v) is 8.46. The third kappa shape index (κ3) is 4.21. The van der Waals surface area contributed by atoms with Crippen LogP contribution in [0.5, 0.6) is 0 Å². The molecule has 3 unspecified atom stereocenters. The molecule has 0 amide bonds. The Morgan fingerprint density at radius 2 is 1.60 bits per heavy atom. The van der Waals surface area contributed by atoms with Gasteiger partial charge in [0.05, 0.1) is 0 Å². The van der Waals surface area contributed by atoms with Crippen molar-refractivity contribution in [3.05, 3.63) is 0 Å². The lowest BCUT2D eigenvalue weighted by molar-refractivity contribution is 0.112. The van der Waals surface area contributed by atoms with Crippen LogP contribution in [0.4, 0.5) is 0 Å². The van der Waals surface area contributed by atoms with Gasteiger partial charge in [-0.2, -0.15) is 0 Å². The van der Waals surface area contributed by atoms with Crippen LogP contribution in [0.2, 0.25) is 0 Å². The minimum atomic E-state index is 0.386. The first-order valence-corrected chi connectivity index (χ1v) is 8.87. The van der Waals surface area contributed by atoms with Crippen LogP contribution in [0.1, 0.15) is 72.6 Å². The van der Waals surface area contributed by atoms with Gasteiger partial charge in [-0.05, 0) is 75.8 Å². The van der Waals surface area contributed by atoms with E-state index >= 15 is 0 Å². The molecular weight excluding hydrogens is 244 g/mol. The standard InChI is InChI=1S/C18H36N2/c1-14(19)15-10-12-20(13-11-15)17-7-5-6-16(8-9-17)18(2,3)4/h14-17H,5-13,19H2,1-4H3. The molecule has 1 aliphatic carbocycles. The predicted octanol–water partition coefficient (Wildman–Crippen LogP) is 4.04. The monoisotopic (exact) mass is 280 g/mol. The van der Waals surface area contributed by atoms with Crippen LogP contribution in [-0.4, -0.2) is 30.1 Å². The summed E-state index contributed by atoms with van der Waals surface area (Å²) in [6, 6.07) is 1.24. The van der Waals surface area contributed by atoms with Gasteiger partial charge in [-0.15, -0.1) is 0 Å². The lowest BCUT2D eigenvalue weighted by Crippen LogP contribution is -2.44. The van der Waals surface area contributed by atoms with Crippen molar-refractivity contribution in [2.45, 2.75) is 84.7 Å². The lowest BCUT2D eigenvalue weighted by atomic mass is 9.76. The maximum absolute atomic E-state index is 6.06. The first kappa shape index (κ1) is 16.3. The third-order valence-corrected chi connectivity index (χ3v) is 6.00. The van der Waals surface area contributed by atoms with Gasteiger partial charge in [-0.1, -0.05) is 27.2 Å². The summed E-state index contributed by atoms with van der Waals surface area (Å²) < 4.78 is 0. The summed E-state index contributed by atoms with van der Waals surface area (Å²) >= 11 is 0. The molecule has 2 fully saturated rings. The van der Waals surface area contributed by atoms with Crippen molar-refractivity contribution in [1.82, 2.24) is 4.90 Å². The molecule has 1 saturated heterocycles. The highest BCUT2D eigenvalue weighted by atomic mass is 15.2. The highest BCUT2D eigenvalue weighted by Gasteiger charge is 2.31. The second-order valence-electron chi connectivity index (χ2n) is 8.46. The van der Waals surface area contributed by atoms with Gasteiger partial charge in [0.15, 0.2) is 0 Å². The van der Waals surface area contributed by atoms with E-state index in [0.717, 1.165) is 17.9 Å². The van der Waals surface area contributed by atoms with Crippen molar-refractivity contribution in [2.24, 2.45) is 23.0 Å². The van der Waals surface area contributed by atoms with Gasteiger partial charge in [0, 0.05) is 12.1 Å². The maximum atomic E-state index is 6.06. The minimum Gasteiger partial charge on any atom is -0.328 e. The fourth-order valence-electron chi connectivity index (χ4n) is 4.32. The van der Waals surface area contributed by atoms with E-state index in [1.807, 2.05) is 0 Å². The molecule has 0 aromatic carbocycles. The van der Waals surface area contributed by atoms with Crippen LogP contribution in [-0.2, 0) is 0 Å². The summed E-state index contributed by atoms with van der Waals surface area (Å²) in [7, 11) is 0. The molecule has 1 aliphatic heterocycles. The molecule has 1 heterocycles. The first-order chi connectivity index (χ1) is 9.38.